The van der Waals surface area contributed by atoms with E-state index in [1.807, 2.05) is 7.05 Å². The molecule has 4 heteroatoms. The van der Waals surface area contributed by atoms with Gasteiger partial charge in [-0.05, 0) is 26.3 Å². The van der Waals surface area contributed by atoms with E-state index in [9.17, 15) is 0 Å². The van der Waals surface area contributed by atoms with Crippen molar-refractivity contribution >= 4 is 0 Å². The Bertz CT molecular complexity index is 302. The number of hydrogen-bond acceptors (Lipinski definition) is 3. The van der Waals surface area contributed by atoms with Gasteiger partial charge in [0, 0.05) is 19.0 Å². The highest BCUT2D eigenvalue weighted by Crippen LogP contribution is 2.35. The third-order valence-corrected chi connectivity index (χ3v) is 3.37. The van der Waals surface area contributed by atoms with Crippen LogP contribution in [0.25, 0.3) is 0 Å². The van der Waals surface area contributed by atoms with Crippen LogP contribution in [0.15, 0.2) is 0 Å². The first-order chi connectivity index (χ1) is 7.86. The third-order valence-electron chi connectivity index (χ3n) is 3.37. The lowest BCUT2D eigenvalue weighted by Gasteiger charge is -2.13. The van der Waals surface area contributed by atoms with Crippen molar-refractivity contribution in [2.75, 3.05) is 7.05 Å². The smallest absolute Gasteiger partial charge is 0.0999 e. The van der Waals surface area contributed by atoms with Crippen molar-refractivity contribution in [2.24, 2.45) is 0 Å². The van der Waals surface area contributed by atoms with Crippen molar-refractivity contribution in [3.05, 3.63) is 11.4 Å². The van der Waals surface area contributed by atoms with Gasteiger partial charge in [-0.15, -0.1) is 5.10 Å². The molecule has 0 aliphatic heterocycles. The first-order valence-electron chi connectivity index (χ1n) is 6.43. The van der Waals surface area contributed by atoms with E-state index in [4.69, 9.17) is 0 Å². The Hall–Kier alpha value is -0.900. The van der Waals surface area contributed by atoms with Crippen molar-refractivity contribution in [3.8, 4) is 0 Å². The predicted molar refractivity (Wildman–Crippen MR) is 64.3 cm³/mol. The minimum Gasteiger partial charge on any atom is -0.314 e. The van der Waals surface area contributed by atoms with Crippen LogP contribution in [0.3, 0.4) is 0 Å². The molecule has 16 heavy (non-hydrogen) atoms. The molecule has 1 aliphatic rings. The molecular weight excluding hydrogens is 200 g/mol. The molecule has 1 aromatic heterocycles. The zero-order valence-corrected chi connectivity index (χ0v) is 10.4. The maximum absolute atomic E-state index is 4.32. The standard InChI is InChI=1S/C12H22N4/c1-3-8-16-12(10-6-4-5-7-10)11(9-13-2)14-15-16/h10,13H,3-9H2,1-2H3. The average Bonchev–Trinajstić information content (AvgIpc) is 2.88. The van der Waals surface area contributed by atoms with Crippen molar-refractivity contribution in [3.63, 3.8) is 0 Å². The molecule has 1 fully saturated rings. The Balaban J connectivity index is 2.24. The first kappa shape index (κ1) is 11.6. The van der Waals surface area contributed by atoms with Crippen LogP contribution in [0.1, 0.15) is 56.3 Å². The van der Waals surface area contributed by atoms with E-state index in [0.717, 1.165) is 25.2 Å². The van der Waals surface area contributed by atoms with Gasteiger partial charge in [0.2, 0.25) is 0 Å². The van der Waals surface area contributed by atoms with E-state index < -0.39 is 0 Å². The summed E-state index contributed by atoms with van der Waals surface area (Å²) >= 11 is 0. The summed E-state index contributed by atoms with van der Waals surface area (Å²) in [6, 6.07) is 0. The second-order valence-electron chi connectivity index (χ2n) is 4.66. The summed E-state index contributed by atoms with van der Waals surface area (Å²) in [5.41, 5.74) is 2.55. The molecule has 1 N–H and O–H groups in total. The molecule has 0 spiro atoms. The van der Waals surface area contributed by atoms with E-state index >= 15 is 0 Å². The summed E-state index contributed by atoms with van der Waals surface area (Å²) < 4.78 is 2.13. The number of aromatic nitrogens is 3. The lowest BCUT2D eigenvalue weighted by atomic mass is 10.0. The normalized spacial score (nSPS) is 17.1. The maximum Gasteiger partial charge on any atom is 0.0999 e. The van der Waals surface area contributed by atoms with Gasteiger partial charge in [0.1, 0.15) is 0 Å². The molecule has 0 unspecified atom stereocenters. The largest absolute Gasteiger partial charge is 0.314 e. The highest BCUT2D eigenvalue weighted by molar-refractivity contribution is 5.17. The number of nitrogens with zero attached hydrogens (tertiary/aromatic N) is 3. The number of hydrogen-bond donors (Lipinski definition) is 1. The van der Waals surface area contributed by atoms with Gasteiger partial charge in [-0.2, -0.15) is 0 Å². The van der Waals surface area contributed by atoms with Crippen molar-refractivity contribution < 1.29 is 0 Å². The molecule has 0 bridgehead atoms. The van der Waals surface area contributed by atoms with Crippen LogP contribution in [-0.2, 0) is 13.1 Å². The lowest BCUT2D eigenvalue weighted by molar-refractivity contribution is 0.524. The highest BCUT2D eigenvalue weighted by atomic mass is 15.4. The van der Waals surface area contributed by atoms with Gasteiger partial charge in [-0.3, -0.25) is 0 Å². The van der Waals surface area contributed by atoms with Gasteiger partial charge in [0.25, 0.3) is 0 Å². The first-order valence-corrected chi connectivity index (χ1v) is 6.43. The Morgan fingerprint density at radius 2 is 2.12 bits per heavy atom. The molecule has 2 rings (SSSR count). The van der Waals surface area contributed by atoms with Crippen molar-refractivity contribution in [1.29, 1.82) is 0 Å². The van der Waals surface area contributed by atoms with E-state index in [0.29, 0.717) is 5.92 Å². The molecule has 90 valence electrons. The Labute approximate surface area is 97.4 Å². The molecule has 0 amide bonds. The van der Waals surface area contributed by atoms with E-state index in [1.165, 1.54) is 31.4 Å². The summed E-state index contributed by atoms with van der Waals surface area (Å²) in [5, 5.41) is 11.8. The fraction of sp³-hybridized carbons (Fsp3) is 0.833. The third kappa shape index (κ3) is 2.26. The molecule has 0 aromatic carbocycles. The van der Waals surface area contributed by atoms with Crippen molar-refractivity contribution in [2.45, 2.75) is 58.0 Å². The van der Waals surface area contributed by atoms with Crippen LogP contribution in [0, 0.1) is 0 Å². The fourth-order valence-electron chi connectivity index (χ4n) is 2.67. The van der Waals surface area contributed by atoms with E-state index in [1.54, 1.807) is 0 Å². The second kappa shape index (κ2) is 5.43. The van der Waals surface area contributed by atoms with Crippen LogP contribution in [-0.4, -0.2) is 22.0 Å². The monoisotopic (exact) mass is 222 g/mol. The number of nitrogens with one attached hydrogen (secondary N) is 1. The molecule has 1 aliphatic carbocycles. The zero-order valence-electron chi connectivity index (χ0n) is 10.4. The van der Waals surface area contributed by atoms with Gasteiger partial charge < -0.3 is 5.32 Å². The minimum atomic E-state index is 0.699. The Kier molecular flexibility index (Phi) is 3.93. The van der Waals surface area contributed by atoms with E-state index in [-0.39, 0.29) is 0 Å². The number of rotatable bonds is 5. The van der Waals surface area contributed by atoms with Gasteiger partial charge >= 0.3 is 0 Å². The SMILES string of the molecule is CCCn1nnc(CNC)c1C1CCCC1. The topological polar surface area (TPSA) is 42.7 Å². The van der Waals surface area contributed by atoms with Crippen LogP contribution in [0.5, 0.6) is 0 Å². The second-order valence-corrected chi connectivity index (χ2v) is 4.66. The molecule has 0 atom stereocenters. The Morgan fingerprint density at radius 1 is 1.38 bits per heavy atom. The Morgan fingerprint density at radius 3 is 2.75 bits per heavy atom. The lowest BCUT2D eigenvalue weighted by Crippen LogP contribution is -2.12. The highest BCUT2D eigenvalue weighted by Gasteiger charge is 2.24. The summed E-state index contributed by atoms with van der Waals surface area (Å²) in [5.74, 6) is 0.699. The van der Waals surface area contributed by atoms with Crippen molar-refractivity contribution in [1.82, 2.24) is 20.3 Å². The van der Waals surface area contributed by atoms with Gasteiger partial charge in [0.15, 0.2) is 0 Å². The van der Waals surface area contributed by atoms with Gasteiger partial charge in [-0.25, -0.2) is 4.68 Å². The summed E-state index contributed by atoms with van der Waals surface area (Å²) in [6.45, 7) is 4.04. The molecule has 1 heterocycles. The number of aryl methyl sites for hydroxylation is 1. The molecule has 0 saturated heterocycles. The summed E-state index contributed by atoms with van der Waals surface area (Å²) in [4.78, 5) is 0. The molecule has 1 aromatic rings. The molecule has 1 saturated carbocycles. The summed E-state index contributed by atoms with van der Waals surface area (Å²) in [7, 11) is 1.97. The van der Waals surface area contributed by atoms with E-state index in [2.05, 4.69) is 27.2 Å². The quantitative estimate of drug-likeness (QED) is 0.829. The van der Waals surface area contributed by atoms with Gasteiger partial charge in [-0.1, -0.05) is 25.0 Å². The van der Waals surface area contributed by atoms with Crippen LogP contribution in [0.4, 0.5) is 0 Å². The average molecular weight is 222 g/mol. The van der Waals surface area contributed by atoms with Crippen LogP contribution in [0.2, 0.25) is 0 Å². The maximum atomic E-state index is 4.32. The fourth-order valence-corrected chi connectivity index (χ4v) is 2.67. The van der Waals surface area contributed by atoms with Crippen LogP contribution < -0.4 is 5.32 Å². The molecular formula is C12H22N4. The summed E-state index contributed by atoms with van der Waals surface area (Å²) in [6.07, 6.45) is 6.48. The van der Waals surface area contributed by atoms with Crippen LogP contribution >= 0.6 is 0 Å². The molecule has 0 radical (unpaired) electrons. The predicted octanol–water partition coefficient (Wildman–Crippen LogP) is 2.07. The minimum absolute atomic E-state index is 0.699. The molecule has 4 nitrogen and oxygen atoms in total. The zero-order chi connectivity index (χ0) is 11.4. The van der Waals surface area contributed by atoms with Gasteiger partial charge in [0.05, 0.1) is 11.4 Å².